The number of rotatable bonds is 4. The smallest absolute Gasteiger partial charge is 0.332 e. The zero-order chi connectivity index (χ0) is 14.0. The van der Waals surface area contributed by atoms with Gasteiger partial charge >= 0.3 is 5.97 Å². The van der Waals surface area contributed by atoms with E-state index in [2.05, 4.69) is 0 Å². The third kappa shape index (κ3) is 2.15. The fourth-order valence-corrected chi connectivity index (χ4v) is 2.07. The number of nitrogens with zero attached hydrogens (tertiary/aromatic N) is 1. The molecular formula is C13H15NO5. The summed E-state index contributed by atoms with van der Waals surface area (Å²) in [7, 11) is 4.23. The van der Waals surface area contributed by atoms with Crippen molar-refractivity contribution in [3.05, 3.63) is 24.3 Å². The lowest BCUT2D eigenvalue weighted by atomic mass is 9.96. The second-order valence-electron chi connectivity index (χ2n) is 4.03. The SMILES string of the molecule is COC(=O)[C@@H]1[C@H](OC)C(=O)N1c1ccc(OC)cc1. The van der Waals surface area contributed by atoms with Crippen molar-refractivity contribution in [3.63, 3.8) is 0 Å². The summed E-state index contributed by atoms with van der Waals surface area (Å²) >= 11 is 0. The number of hydrogen-bond acceptors (Lipinski definition) is 5. The van der Waals surface area contributed by atoms with Crippen molar-refractivity contribution < 1.29 is 23.8 Å². The van der Waals surface area contributed by atoms with Gasteiger partial charge in [-0.1, -0.05) is 0 Å². The number of amides is 1. The maximum atomic E-state index is 11.9. The summed E-state index contributed by atoms with van der Waals surface area (Å²) in [6.07, 6.45) is -0.783. The molecule has 2 atom stereocenters. The van der Waals surface area contributed by atoms with Crippen molar-refractivity contribution >= 4 is 17.6 Å². The summed E-state index contributed by atoms with van der Waals surface area (Å²) in [5.74, 6) is -0.0834. The molecule has 0 unspecified atom stereocenters. The van der Waals surface area contributed by atoms with Gasteiger partial charge in [-0.3, -0.25) is 9.69 Å². The molecule has 0 bridgehead atoms. The van der Waals surface area contributed by atoms with Crippen molar-refractivity contribution in [1.29, 1.82) is 0 Å². The first-order valence-electron chi connectivity index (χ1n) is 5.71. The van der Waals surface area contributed by atoms with Gasteiger partial charge in [0.05, 0.1) is 14.2 Å². The van der Waals surface area contributed by atoms with Crippen LogP contribution in [0.5, 0.6) is 5.75 Å². The summed E-state index contributed by atoms with van der Waals surface area (Å²) in [6.45, 7) is 0. The van der Waals surface area contributed by atoms with Crippen LogP contribution in [-0.2, 0) is 19.1 Å². The van der Waals surface area contributed by atoms with Crippen LogP contribution in [-0.4, -0.2) is 45.4 Å². The highest BCUT2D eigenvalue weighted by Crippen LogP contribution is 2.31. The van der Waals surface area contributed by atoms with Crippen LogP contribution in [0.4, 0.5) is 5.69 Å². The summed E-state index contributed by atoms with van der Waals surface area (Å²) in [5.41, 5.74) is 0.606. The van der Waals surface area contributed by atoms with Crippen molar-refractivity contribution in [1.82, 2.24) is 0 Å². The number of methoxy groups -OCH3 is 3. The molecule has 0 saturated carbocycles. The Morgan fingerprint density at radius 3 is 2.26 bits per heavy atom. The van der Waals surface area contributed by atoms with Gasteiger partial charge in [-0.05, 0) is 24.3 Å². The number of hydrogen-bond donors (Lipinski definition) is 0. The fraction of sp³-hybridized carbons (Fsp3) is 0.385. The van der Waals surface area contributed by atoms with E-state index in [1.54, 1.807) is 31.4 Å². The molecule has 0 N–H and O–H groups in total. The normalized spacial score (nSPS) is 21.8. The van der Waals surface area contributed by atoms with Crippen LogP contribution >= 0.6 is 0 Å². The van der Waals surface area contributed by atoms with Gasteiger partial charge in [0.15, 0.2) is 12.1 Å². The van der Waals surface area contributed by atoms with E-state index >= 15 is 0 Å². The highest BCUT2D eigenvalue weighted by atomic mass is 16.5. The molecule has 1 saturated heterocycles. The molecule has 1 aromatic rings. The average Bonchev–Trinajstić information content (AvgIpc) is 2.45. The Kier molecular flexibility index (Phi) is 3.71. The predicted octanol–water partition coefficient (Wildman–Crippen LogP) is 0.598. The quantitative estimate of drug-likeness (QED) is 0.589. The third-order valence-corrected chi connectivity index (χ3v) is 3.09. The van der Waals surface area contributed by atoms with E-state index in [9.17, 15) is 9.59 Å². The van der Waals surface area contributed by atoms with Crippen molar-refractivity contribution in [2.75, 3.05) is 26.2 Å². The van der Waals surface area contributed by atoms with E-state index in [1.165, 1.54) is 19.1 Å². The Morgan fingerprint density at radius 2 is 1.79 bits per heavy atom. The van der Waals surface area contributed by atoms with Crippen molar-refractivity contribution in [3.8, 4) is 5.75 Å². The highest BCUT2D eigenvalue weighted by Gasteiger charge is 2.53. The topological polar surface area (TPSA) is 65.1 Å². The van der Waals surface area contributed by atoms with Gasteiger partial charge in [0.1, 0.15) is 5.75 Å². The van der Waals surface area contributed by atoms with Gasteiger partial charge in [0.2, 0.25) is 0 Å². The van der Waals surface area contributed by atoms with E-state index in [-0.39, 0.29) is 5.91 Å². The Balaban J connectivity index is 2.26. The second kappa shape index (κ2) is 5.27. The fourth-order valence-electron chi connectivity index (χ4n) is 2.07. The van der Waals surface area contributed by atoms with Crippen LogP contribution in [0.2, 0.25) is 0 Å². The third-order valence-electron chi connectivity index (χ3n) is 3.09. The van der Waals surface area contributed by atoms with Gasteiger partial charge < -0.3 is 14.2 Å². The standard InChI is InChI=1S/C13H15NO5/c1-17-9-6-4-8(5-7-9)14-10(13(16)19-3)11(18-2)12(14)15/h4-7,10-11H,1-3H3/t10-,11-/m0/s1. The van der Waals surface area contributed by atoms with E-state index in [0.717, 1.165) is 0 Å². The molecular weight excluding hydrogens is 250 g/mol. The van der Waals surface area contributed by atoms with Crippen molar-refractivity contribution in [2.24, 2.45) is 0 Å². The molecule has 6 heteroatoms. The summed E-state index contributed by atoms with van der Waals surface area (Å²) in [5, 5.41) is 0. The maximum Gasteiger partial charge on any atom is 0.332 e. The zero-order valence-corrected chi connectivity index (χ0v) is 11.0. The lowest BCUT2D eigenvalue weighted by Gasteiger charge is -2.43. The van der Waals surface area contributed by atoms with Gasteiger partial charge in [-0.15, -0.1) is 0 Å². The van der Waals surface area contributed by atoms with Crippen LogP contribution in [0.1, 0.15) is 0 Å². The Bertz CT molecular complexity index is 484. The van der Waals surface area contributed by atoms with Crippen LogP contribution < -0.4 is 9.64 Å². The molecule has 1 aliphatic heterocycles. The minimum atomic E-state index is -0.783. The summed E-state index contributed by atoms with van der Waals surface area (Å²) < 4.78 is 14.8. The Labute approximate surface area is 110 Å². The Morgan fingerprint density at radius 1 is 1.16 bits per heavy atom. The van der Waals surface area contributed by atoms with Crippen LogP contribution in [0.25, 0.3) is 0 Å². The van der Waals surface area contributed by atoms with Gasteiger partial charge in [0, 0.05) is 12.8 Å². The molecule has 0 radical (unpaired) electrons. The van der Waals surface area contributed by atoms with E-state index < -0.39 is 18.1 Å². The lowest BCUT2D eigenvalue weighted by Crippen LogP contribution is -2.69. The molecule has 1 heterocycles. The molecule has 19 heavy (non-hydrogen) atoms. The Hall–Kier alpha value is -2.08. The van der Waals surface area contributed by atoms with Crippen LogP contribution in [0.15, 0.2) is 24.3 Å². The number of β-lactam (4-membered cyclic amide) rings is 1. The first kappa shape index (κ1) is 13.4. The first-order chi connectivity index (χ1) is 9.13. The predicted molar refractivity (Wildman–Crippen MR) is 67.1 cm³/mol. The largest absolute Gasteiger partial charge is 0.497 e. The van der Waals surface area contributed by atoms with Gasteiger partial charge in [-0.2, -0.15) is 0 Å². The van der Waals surface area contributed by atoms with Gasteiger partial charge in [0.25, 0.3) is 5.91 Å². The van der Waals surface area contributed by atoms with E-state index in [1.807, 2.05) is 0 Å². The molecule has 1 aliphatic rings. The number of benzene rings is 1. The molecule has 0 aromatic heterocycles. The second-order valence-corrected chi connectivity index (χ2v) is 4.03. The zero-order valence-electron chi connectivity index (χ0n) is 11.0. The minimum absolute atomic E-state index is 0.261. The molecule has 102 valence electrons. The first-order valence-corrected chi connectivity index (χ1v) is 5.71. The monoisotopic (exact) mass is 265 g/mol. The number of ether oxygens (including phenoxy) is 3. The molecule has 6 nitrogen and oxygen atoms in total. The summed E-state index contributed by atoms with van der Waals surface area (Å²) in [4.78, 5) is 25.0. The van der Waals surface area contributed by atoms with E-state index in [0.29, 0.717) is 11.4 Å². The van der Waals surface area contributed by atoms with Crippen molar-refractivity contribution in [2.45, 2.75) is 12.1 Å². The molecule has 1 aromatic carbocycles. The highest BCUT2D eigenvalue weighted by molar-refractivity contribution is 6.12. The van der Waals surface area contributed by atoms with E-state index in [4.69, 9.17) is 14.2 Å². The number of carbonyl (C=O) groups is 2. The van der Waals surface area contributed by atoms with Crippen LogP contribution in [0, 0.1) is 0 Å². The molecule has 1 amide bonds. The average molecular weight is 265 g/mol. The maximum absolute atomic E-state index is 11.9. The number of esters is 1. The number of carbonyl (C=O) groups excluding carboxylic acids is 2. The summed E-state index contributed by atoms with van der Waals surface area (Å²) in [6, 6.07) is 6.11. The molecule has 0 spiro atoms. The molecule has 0 aliphatic carbocycles. The molecule has 1 fully saturated rings. The number of anilines is 1. The molecule has 2 rings (SSSR count). The lowest BCUT2D eigenvalue weighted by molar-refractivity contribution is -0.158. The van der Waals surface area contributed by atoms with Crippen LogP contribution in [0.3, 0.4) is 0 Å². The van der Waals surface area contributed by atoms with Gasteiger partial charge in [-0.25, -0.2) is 4.79 Å². The minimum Gasteiger partial charge on any atom is -0.497 e.